The van der Waals surface area contributed by atoms with Crippen LogP contribution in [0.3, 0.4) is 0 Å². The maximum atomic E-state index is 11.7. The number of rotatable bonds is 5. The van der Waals surface area contributed by atoms with Crippen molar-refractivity contribution in [2.24, 2.45) is 0 Å². The summed E-state index contributed by atoms with van der Waals surface area (Å²) in [5.74, 6) is -0.641. The van der Waals surface area contributed by atoms with Gasteiger partial charge in [-0.25, -0.2) is 4.79 Å². The van der Waals surface area contributed by atoms with Crippen LogP contribution in [0.1, 0.15) is 15.9 Å². The quantitative estimate of drug-likeness (QED) is 0.370. The van der Waals surface area contributed by atoms with Crippen molar-refractivity contribution in [3.63, 3.8) is 0 Å². The Kier molecular flexibility index (Phi) is 4.45. The molecule has 0 unspecified atom stereocenters. The zero-order valence-electron chi connectivity index (χ0n) is 16.1. The molecule has 2 N–H and O–H groups in total. The lowest BCUT2D eigenvalue weighted by atomic mass is 10.0. The highest BCUT2D eigenvalue weighted by Gasteiger charge is 2.14. The molecule has 0 atom stereocenters. The van der Waals surface area contributed by atoms with Gasteiger partial charge >= 0.3 is 5.97 Å². The summed E-state index contributed by atoms with van der Waals surface area (Å²) < 4.78 is 6.04. The lowest BCUT2D eigenvalue weighted by molar-refractivity contribution is 0.0692. The molecule has 5 aromatic rings. The molecule has 0 saturated heterocycles. The number of hydrogen-bond donors (Lipinski definition) is 2. The van der Waals surface area contributed by atoms with Gasteiger partial charge in [0.25, 0.3) is 0 Å². The maximum Gasteiger partial charge on any atom is 0.339 e. The molecule has 0 amide bonds. The minimum atomic E-state index is -1.00. The van der Waals surface area contributed by atoms with Gasteiger partial charge in [-0.2, -0.15) is 0 Å². The number of aromatic carboxylic acids is 1. The van der Waals surface area contributed by atoms with Crippen molar-refractivity contribution in [1.82, 2.24) is 4.98 Å². The number of fused-ring (bicyclic) bond motifs is 2. The Labute approximate surface area is 173 Å². The van der Waals surface area contributed by atoms with E-state index in [0.717, 1.165) is 38.4 Å². The number of aromatic amines is 1. The second kappa shape index (κ2) is 7.41. The van der Waals surface area contributed by atoms with Gasteiger partial charge in [0.15, 0.2) is 0 Å². The monoisotopic (exact) mass is 393 g/mol. The number of carboxylic acid groups (broad SMARTS) is 1. The Balaban J connectivity index is 1.51. The lowest BCUT2D eigenvalue weighted by Gasteiger charge is -2.13. The molecular formula is C26H19NO3. The average molecular weight is 393 g/mol. The van der Waals surface area contributed by atoms with Crippen molar-refractivity contribution in [2.45, 2.75) is 6.61 Å². The normalized spacial score (nSPS) is 11.1. The van der Waals surface area contributed by atoms with Crippen LogP contribution in [0.5, 0.6) is 5.75 Å². The molecule has 30 heavy (non-hydrogen) atoms. The summed E-state index contributed by atoms with van der Waals surface area (Å²) in [7, 11) is 0. The smallest absolute Gasteiger partial charge is 0.339 e. The molecule has 0 radical (unpaired) electrons. The van der Waals surface area contributed by atoms with Crippen molar-refractivity contribution < 1.29 is 14.6 Å². The van der Waals surface area contributed by atoms with Gasteiger partial charge in [-0.3, -0.25) is 0 Å². The largest absolute Gasteiger partial charge is 0.488 e. The summed E-state index contributed by atoms with van der Waals surface area (Å²) in [4.78, 5) is 14.9. The fourth-order valence-electron chi connectivity index (χ4n) is 3.80. The second-order valence-electron chi connectivity index (χ2n) is 7.22. The zero-order chi connectivity index (χ0) is 20.5. The molecule has 4 aromatic carbocycles. The number of nitrogens with one attached hydrogen (secondary N) is 1. The third-order valence-electron chi connectivity index (χ3n) is 5.36. The molecule has 146 valence electrons. The first-order chi connectivity index (χ1) is 14.7. The molecule has 0 fully saturated rings. The van der Waals surface area contributed by atoms with Crippen molar-refractivity contribution in [1.29, 1.82) is 0 Å². The van der Waals surface area contributed by atoms with Crippen LogP contribution in [0.4, 0.5) is 0 Å². The van der Waals surface area contributed by atoms with Gasteiger partial charge in [0, 0.05) is 11.7 Å². The van der Waals surface area contributed by atoms with Crippen LogP contribution < -0.4 is 4.74 Å². The van der Waals surface area contributed by atoms with Crippen LogP contribution in [0.2, 0.25) is 0 Å². The predicted molar refractivity (Wildman–Crippen MR) is 119 cm³/mol. The minimum Gasteiger partial charge on any atom is -0.488 e. The van der Waals surface area contributed by atoms with Crippen LogP contribution in [-0.2, 0) is 6.61 Å². The Morgan fingerprint density at radius 1 is 0.833 bits per heavy atom. The molecule has 4 heteroatoms. The lowest BCUT2D eigenvalue weighted by Crippen LogP contribution is -2.04. The third-order valence-corrected chi connectivity index (χ3v) is 5.36. The second-order valence-corrected chi connectivity index (χ2v) is 7.22. The molecular weight excluding hydrogens is 374 g/mol. The fourth-order valence-corrected chi connectivity index (χ4v) is 3.80. The van der Waals surface area contributed by atoms with Crippen molar-refractivity contribution >= 4 is 27.6 Å². The fraction of sp³-hybridized carbons (Fsp3) is 0.0385. The van der Waals surface area contributed by atoms with E-state index in [1.807, 2.05) is 60.8 Å². The highest BCUT2D eigenvalue weighted by atomic mass is 16.5. The van der Waals surface area contributed by atoms with Gasteiger partial charge in [-0.1, -0.05) is 54.6 Å². The number of carbonyl (C=O) groups is 1. The van der Waals surface area contributed by atoms with E-state index in [9.17, 15) is 9.90 Å². The molecule has 4 nitrogen and oxygen atoms in total. The Bertz CT molecular complexity index is 1380. The molecule has 1 aromatic heterocycles. The molecule has 0 aliphatic heterocycles. The third kappa shape index (κ3) is 3.29. The van der Waals surface area contributed by atoms with E-state index in [1.165, 1.54) is 0 Å². The van der Waals surface area contributed by atoms with Gasteiger partial charge in [-0.15, -0.1) is 0 Å². The number of benzene rings is 4. The molecule has 0 aliphatic rings. The summed E-state index contributed by atoms with van der Waals surface area (Å²) in [5.41, 5.74) is 4.16. The number of aromatic nitrogens is 1. The standard InChI is InChI=1S/C26H19NO3/c28-26(29)23-10-8-19(18-9-11-24-20(14-18)12-13-27-24)15-25(23)30-16-21-6-3-5-17-4-1-2-7-22(17)21/h1-15,27H,16H2,(H,28,29). The van der Waals surface area contributed by atoms with E-state index in [1.54, 1.807) is 6.07 Å². The summed E-state index contributed by atoms with van der Waals surface area (Å²) in [6.45, 7) is 0.294. The average Bonchev–Trinajstić information content (AvgIpc) is 3.25. The first kappa shape index (κ1) is 18.0. The van der Waals surface area contributed by atoms with E-state index in [4.69, 9.17) is 4.74 Å². The van der Waals surface area contributed by atoms with E-state index in [2.05, 4.69) is 29.2 Å². The first-order valence-corrected chi connectivity index (χ1v) is 9.73. The first-order valence-electron chi connectivity index (χ1n) is 9.73. The SMILES string of the molecule is O=C(O)c1ccc(-c2ccc3[nH]ccc3c2)cc1OCc1cccc2ccccc12. The summed E-state index contributed by atoms with van der Waals surface area (Å²) in [6, 6.07) is 27.5. The van der Waals surface area contributed by atoms with E-state index in [0.29, 0.717) is 12.4 Å². The molecule has 0 spiro atoms. The minimum absolute atomic E-state index is 0.154. The number of H-pyrrole nitrogens is 1. The van der Waals surface area contributed by atoms with E-state index >= 15 is 0 Å². The van der Waals surface area contributed by atoms with Crippen LogP contribution in [0, 0.1) is 0 Å². The Hall–Kier alpha value is -4.05. The number of carboxylic acids is 1. The van der Waals surface area contributed by atoms with Gasteiger partial charge in [0.2, 0.25) is 0 Å². The summed E-state index contributed by atoms with van der Waals surface area (Å²) in [5, 5.41) is 13.0. The number of hydrogen-bond acceptors (Lipinski definition) is 2. The van der Waals surface area contributed by atoms with Gasteiger partial charge in [0.1, 0.15) is 17.9 Å². The van der Waals surface area contributed by atoms with Crippen molar-refractivity contribution in [3.05, 3.63) is 102 Å². The maximum absolute atomic E-state index is 11.7. The van der Waals surface area contributed by atoms with Gasteiger partial charge in [-0.05, 0) is 63.2 Å². The van der Waals surface area contributed by atoms with Crippen LogP contribution >= 0.6 is 0 Å². The highest BCUT2D eigenvalue weighted by molar-refractivity contribution is 5.93. The molecule has 0 bridgehead atoms. The Morgan fingerprint density at radius 2 is 1.63 bits per heavy atom. The van der Waals surface area contributed by atoms with Gasteiger partial charge < -0.3 is 14.8 Å². The molecule has 5 rings (SSSR count). The van der Waals surface area contributed by atoms with E-state index in [-0.39, 0.29) is 5.56 Å². The summed E-state index contributed by atoms with van der Waals surface area (Å²) >= 11 is 0. The number of ether oxygens (including phenoxy) is 1. The zero-order valence-corrected chi connectivity index (χ0v) is 16.1. The summed E-state index contributed by atoms with van der Waals surface area (Å²) in [6.07, 6.45) is 1.90. The van der Waals surface area contributed by atoms with Crippen LogP contribution in [0.25, 0.3) is 32.8 Å². The predicted octanol–water partition coefficient (Wildman–Crippen LogP) is 6.27. The van der Waals surface area contributed by atoms with E-state index < -0.39 is 5.97 Å². The molecule has 1 heterocycles. The van der Waals surface area contributed by atoms with Crippen molar-refractivity contribution in [2.75, 3.05) is 0 Å². The highest BCUT2D eigenvalue weighted by Crippen LogP contribution is 2.30. The van der Waals surface area contributed by atoms with Crippen LogP contribution in [0.15, 0.2) is 91.1 Å². The van der Waals surface area contributed by atoms with Gasteiger partial charge in [0.05, 0.1) is 0 Å². The van der Waals surface area contributed by atoms with Crippen LogP contribution in [-0.4, -0.2) is 16.1 Å². The topological polar surface area (TPSA) is 62.3 Å². The molecule has 0 saturated carbocycles. The Morgan fingerprint density at radius 3 is 2.53 bits per heavy atom. The van der Waals surface area contributed by atoms with Crippen molar-refractivity contribution in [3.8, 4) is 16.9 Å². The molecule has 0 aliphatic carbocycles.